The van der Waals surface area contributed by atoms with Gasteiger partial charge in [0.2, 0.25) is 0 Å². The van der Waals surface area contributed by atoms with E-state index in [1.54, 1.807) is 6.08 Å². The lowest BCUT2D eigenvalue weighted by molar-refractivity contribution is -0.142. The number of unbranched alkanes of at least 4 members (excludes halogenated alkanes) is 9. The predicted molar refractivity (Wildman–Crippen MR) is 77.6 cm³/mol. The van der Waals surface area contributed by atoms with Gasteiger partial charge in [-0.1, -0.05) is 70.8 Å². The lowest BCUT2D eigenvalue weighted by Crippen LogP contribution is -2.04. The van der Waals surface area contributed by atoms with Crippen LogP contribution in [0.15, 0.2) is 12.7 Å². The van der Waals surface area contributed by atoms with Crippen molar-refractivity contribution in [2.24, 2.45) is 0 Å². The fraction of sp³-hybridized carbons (Fsp3) is 0.812. The van der Waals surface area contributed by atoms with Crippen molar-refractivity contribution in [3.63, 3.8) is 0 Å². The van der Waals surface area contributed by atoms with E-state index in [1.807, 2.05) is 0 Å². The van der Waals surface area contributed by atoms with Crippen LogP contribution in [0, 0.1) is 0 Å². The highest BCUT2D eigenvalue weighted by Crippen LogP contribution is 2.10. The van der Waals surface area contributed by atoms with E-state index in [0.717, 1.165) is 6.42 Å². The lowest BCUT2D eigenvalue weighted by Gasteiger charge is -2.03. The maximum atomic E-state index is 11.0. The summed E-state index contributed by atoms with van der Waals surface area (Å²) in [6.45, 7) is 6.33. The number of carbonyl (C=O) groups is 1. The molecule has 0 saturated heterocycles. The number of hydrogen-bond acceptors (Lipinski definition) is 2. The molecule has 0 bridgehead atoms. The second-order valence-corrected chi connectivity index (χ2v) is 4.90. The summed E-state index contributed by atoms with van der Waals surface area (Å²) < 4.78 is 5.04. The van der Waals surface area contributed by atoms with Gasteiger partial charge in [-0.05, 0) is 6.42 Å². The minimum Gasteiger partial charge on any atom is -0.465 e. The van der Waals surface area contributed by atoms with Gasteiger partial charge in [-0.3, -0.25) is 4.79 Å². The van der Waals surface area contributed by atoms with Crippen LogP contribution < -0.4 is 0 Å². The van der Waals surface area contributed by atoms with Crippen molar-refractivity contribution in [3.8, 4) is 0 Å². The molecule has 0 rings (SSSR count). The molecule has 0 aromatic carbocycles. The lowest BCUT2D eigenvalue weighted by atomic mass is 10.1. The third-order valence-electron chi connectivity index (χ3n) is 3.07. The summed E-state index contributed by atoms with van der Waals surface area (Å²) >= 11 is 0. The Hall–Kier alpha value is -0.790. The maximum Gasteiger partial charge on any atom is 0.309 e. The zero-order valence-electron chi connectivity index (χ0n) is 12.1. The van der Waals surface area contributed by atoms with Gasteiger partial charge in [0.15, 0.2) is 0 Å². The Morgan fingerprint density at radius 3 is 1.94 bits per heavy atom. The molecule has 0 spiro atoms. The normalized spacial score (nSPS) is 10.3. The topological polar surface area (TPSA) is 26.3 Å². The van der Waals surface area contributed by atoms with E-state index in [2.05, 4.69) is 13.5 Å². The molecule has 0 atom stereocenters. The first kappa shape index (κ1) is 17.2. The van der Waals surface area contributed by atoms with E-state index in [-0.39, 0.29) is 5.97 Å². The fourth-order valence-electron chi connectivity index (χ4n) is 1.95. The minimum absolute atomic E-state index is 0.152. The highest BCUT2D eigenvalue weighted by atomic mass is 16.5. The Balaban J connectivity index is 3.03. The van der Waals surface area contributed by atoms with Gasteiger partial charge in [-0.15, -0.1) is 6.58 Å². The van der Waals surface area contributed by atoms with Gasteiger partial charge in [0.25, 0.3) is 0 Å². The van der Waals surface area contributed by atoms with Crippen LogP contribution in [0.5, 0.6) is 0 Å². The molecule has 2 heteroatoms. The Labute approximate surface area is 113 Å². The van der Waals surface area contributed by atoms with Crippen LogP contribution in [0.1, 0.15) is 77.6 Å². The van der Waals surface area contributed by atoms with Crippen LogP contribution >= 0.6 is 0 Å². The SMILES string of the molecule is C=CCC(=O)OCCCCCCCCCCCC. The molecular formula is C16H30O2. The summed E-state index contributed by atoms with van der Waals surface area (Å²) in [5, 5.41) is 0. The van der Waals surface area contributed by atoms with Crippen LogP contribution in [0.2, 0.25) is 0 Å². The van der Waals surface area contributed by atoms with Gasteiger partial charge in [-0.25, -0.2) is 0 Å². The molecular weight excluding hydrogens is 224 g/mol. The molecule has 0 N–H and O–H groups in total. The van der Waals surface area contributed by atoms with E-state index >= 15 is 0 Å². The predicted octanol–water partition coefficient (Wildman–Crippen LogP) is 5.03. The van der Waals surface area contributed by atoms with E-state index < -0.39 is 0 Å². The first-order chi connectivity index (χ1) is 8.81. The van der Waals surface area contributed by atoms with Crippen LogP contribution in [0.3, 0.4) is 0 Å². The highest BCUT2D eigenvalue weighted by molar-refractivity contribution is 5.70. The standard InChI is InChI=1S/C16H30O2/c1-3-5-6-7-8-9-10-11-12-13-15-18-16(17)14-4-2/h4H,2-3,5-15H2,1H3. The third-order valence-corrected chi connectivity index (χ3v) is 3.07. The number of esters is 1. The average molecular weight is 254 g/mol. The fourth-order valence-corrected chi connectivity index (χ4v) is 1.95. The molecule has 0 aliphatic carbocycles. The monoisotopic (exact) mass is 254 g/mol. The van der Waals surface area contributed by atoms with Crippen LogP contribution in [0.25, 0.3) is 0 Å². The van der Waals surface area contributed by atoms with Gasteiger partial charge in [0.1, 0.15) is 0 Å². The highest BCUT2D eigenvalue weighted by Gasteiger charge is 1.98. The van der Waals surface area contributed by atoms with Gasteiger partial charge in [-0.2, -0.15) is 0 Å². The largest absolute Gasteiger partial charge is 0.465 e. The molecule has 0 aromatic heterocycles. The second kappa shape index (κ2) is 14.3. The Morgan fingerprint density at radius 2 is 1.44 bits per heavy atom. The molecule has 2 nitrogen and oxygen atoms in total. The molecule has 106 valence electrons. The quantitative estimate of drug-likeness (QED) is 0.262. The first-order valence-electron chi connectivity index (χ1n) is 7.57. The first-order valence-corrected chi connectivity index (χ1v) is 7.57. The summed E-state index contributed by atoms with van der Waals surface area (Å²) in [6, 6.07) is 0. The zero-order chi connectivity index (χ0) is 13.5. The summed E-state index contributed by atoms with van der Waals surface area (Å²) in [7, 11) is 0. The Kier molecular flexibility index (Phi) is 13.6. The minimum atomic E-state index is -0.152. The van der Waals surface area contributed by atoms with Crippen molar-refractivity contribution in [1.29, 1.82) is 0 Å². The van der Waals surface area contributed by atoms with Gasteiger partial charge in [0.05, 0.1) is 13.0 Å². The summed E-state index contributed by atoms with van der Waals surface area (Å²) in [5.74, 6) is -0.152. The molecule has 18 heavy (non-hydrogen) atoms. The molecule has 0 saturated carbocycles. The van der Waals surface area contributed by atoms with Crippen molar-refractivity contribution in [1.82, 2.24) is 0 Å². The van der Waals surface area contributed by atoms with Crippen LogP contribution in [-0.2, 0) is 9.53 Å². The number of hydrogen-bond donors (Lipinski definition) is 0. The smallest absolute Gasteiger partial charge is 0.309 e. The zero-order valence-corrected chi connectivity index (χ0v) is 12.1. The average Bonchev–Trinajstić information content (AvgIpc) is 2.36. The van der Waals surface area contributed by atoms with E-state index in [9.17, 15) is 4.79 Å². The van der Waals surface area contributed by atoms with Crippen molar-refractivity contribution < 1.29 is 9.53 Å². The number of ether oxygens (including phenoxy) is 1. The van der Waals surface area contributed by atoms with E-state index in [0.29, 0.717) is 13.0 Å². The van der Waals surface area contributed by atoms with Crippen molar-refractivity contribution >= 4 is 5.97 Å². The number of rotatable bonds is 13. The van der Waals surface area contributed by atoms with Crippen LogP contribution in [-0.4, -0.2) is 12.6 Å². The van der Waals surface area contributed by atoms with E-state index in [1.165, 1.54) is 57.8 Å². The molecule has 0 heterocycles. The van der Waals surface area contributed by atoms with E-state index in [4.69, 9.17) is 4.74 Å². The summed E-state index contributed by atoms with van der Waals surface area (Å²) in [6.07, 6.45) is 14.9. The molecule has 0 aliphatic heterocycles. The van der Waals surface area contributed by atoms with Gasteiger partial charge in [0, 0.05) is 0 Å². The summed E-state index contributed by atoms with van der Waals surface area (Å²) in [5.41, 5.74) is 0. The van der Waals surface area contributed by atoms with Crippen molar-refractivity contribution in [2.45, 2.75) is 77.6 Å². The molecule has 0 radical (unpaired) electrons. The van der Waals surface area contributed by atoms with Crippen LogP contribution in [0.4, 0.5) is 0 Å². The molecule has 0 aromatic rings. The Bertz CT molecular complexity index is 199. The summed E-state index contributed by atoms with van der Waals surface area (Å²) in [4.78, 5) is 11.0. The van der Waals surface area contributed by atoms with Gasteiger partial charge >= 0.3 is 5.97 Å². The molecule has 0 amide bonds. The van der Waals surface area contributed by atoms with Crippen molar-refractivity contribution in [2.75, 3.05) is 6.61 Å². The second-order valence-electron chi connectivity index (χ2n) is 4.90. The maximum absolute atomic E-state index is 11.0. The van der Waals surface area contributed by atoms with Crippen molar-refractivity contribution in [3.05, 3.63) is 12.7 Å². The Morgan fingerprint density at radius 1 is 0.944 bits per heavy atom. The molecule has 0 aliphatic rings. The third kappa shape index (κ3) is 13.3. The van der Waals surface area contributed by atoms with Gasteiger partial charge < -0.3 is 4.74 Å². The molecule has 0 unspecified atom stereocenters. The molecule has 0 fully saturated rings. The number of carbonyl (C=O) groups excluding carboxylic acids is 1.